The summed E-state index contributed by atoms with van der Waals surface area (Å²) in [5.74, 6) is 0.872. The highest BCUT2D eigenvalue weighted by Gasteiger charge is 2.40. The van der Waals surface area contributed by atoms with Crippen LogP contribution in [0.25, 0.3) is 0 Å². The number of hydrogen-bond acceptors (Lipinski definition) is 3. The molecule has 0 aliphatic rings. The molecule has 6 heteroatoms. The van der Waals surface area contributed by atoms with Gasteiger partial charge in [-0.25, -0.2) is 0 Å². The maximum Gasteiger partial charge on any atom is 0.383 e. The maximum absolute atomic E-state index is 6.27. The van der Waals surface area contributed by atoms with Crippen LogP contribution in [0.4, 0.5) is 0 Å². The monoisotopic (exact) mass is 314 g/mol. The predicted octanol–water partition coefficient (Wildman–Crippen LogP) is 4.34. The van der Waals surface area contributed by atoms with E-state index in [1.807, 2.05) is 30.3 Å². The highest BCUT2D eigenvalue weighted by atomic mass is 28.5. The van der Waals surface area contributed by atoms with Gasteiger partial charge in [0.1, 0.15) is 5.75 Å². The van der Waals surface area contributed by atoms with E-state index in [1.54, 1.807) is 0 Å². The Kier molecular flexibility index (Phi) is 5.19. The number of rotatable bonds is 6. The van der Waals surface area contributed by atoms with E-state index in [9.17, 15) is 0 Å². The van der Waals surface area contributed by atoms with Crippen molar-refractivity contribution in [2.24, 2.45) is 0 Å². The van der Waals surface area contributed by atoms with Crippen molar-refractivity contribution in [1.82, 2.24) is 0 Å². The Morgan fingerprint density at radius 1 is 0.684 bits per heavy atom. The molecule has 0 aliphatic heterocycles. The van der Waals surface area contributed by atoms with Crippen LogP contribution in [-0.4, -0.2) is 25.4 Å². The Hall–Kier alpha value is -0.409. The van der Waals surface area contributed by atoms with Crippen molar-refractivity contribution in [3.05, 3.63) is 30.3 Å². The zero-order valence-corrected chi connectivity index (χ0v) is 16.1. The summed E-state index contributed by atoms with van der Waals surface area (Å²) < 4.78 is 18.5. The summed E-state index contributed by atoms with van der Waals surface area (Å²) in [6, 6.07) is 9.86. The molecule has 0 aromatic heterocycles. The third-order valence-corrected chi connectivity index (χ3v) is 11.2. The fourth-order valence-corrected chi connectivity index (χ4v) is 14.2. The fourth-order valence-electron chi connectivity index (χ4n) is 2.14. The quantitative estimate of drug-likeness (QED) is 0.731. The fraction of sp³-hybridized carbons (Fsp3) is 0.538. The van der Waals surface area contributed by atoms with Crippen molar-refractivity contribution >= 4 is 25.4 Å². The van der Waals surface area contributed by atoms with Gasteiger partial charge >= 0.3 is 17.1 Å². The van der Waals surface area contributed by atoms with Gasteiger partial charge in [0.25, 0.3) is 0 Å². The van der Waals surface area contributed by atoms with Gasteiger partial charge in [-0.15, -0.1) is 0 Å². The van der Waals surface area contributed by atoms with Gasteiger partial charge in [0.2, 0.25) is 0 Å². The van der Waals surface area contributed by atoms with Crippen molar-refractivity contribution in [1.29, 1.82) is 0 Å². The first-order chi connectivity index (χ1) is 8.49. The Morgan fingerprint density at radius 2 is 1.21 bits per heavy atom. The molecule has 0 atom stereocenters. The van der Waals surface area contributed by atoms with Crippen molar-refractivity contribution in [2.75, 3.05) is 0 Å². The summed E-state index contributed by atoms with van der Waals surface area (Å²) in [4.78, 5) is 0. The van der Waals surface area contributed by atoms with Gasteiger partial charge in [-0.2, -0.15) is 0 Å². The molecule has 0 bridgehead atoms. The number of hydrogen-bond donors (Lipinski definition) is 0. The summed E-state index contributed by atoms with van der Waals surface area (Å²) >= 11 is 0. The van der Waals surface area contributed by atoms with Crippen LogP contribution in [0.5, 0.6) is 5.75 Å². The zero-order chi connectivity index (χ0) is 14.7. The predicted molar refractivity (Wildman–Crippen MR) is 87.6 cm³/mol. The maximum atomic E-state index is 6.27. The minimum Gasteiger partial charge on any atom is -0.521 e. The molecular formula is C13H26O3Si3. The lowest BCUT2D eigenvalue weighted by molar-refractivity contribution is 0.333. The first-order valence-corrected chi connectivity index (χ1v) is 15.7. The van der Waals surface area contributed by atoms with Crippen LogP contribution < -0.4 is 4.43 Å². The van der Waals surface area contributed by atoms with Crippen LogP contribution in [0.1, 0.15) is 0 Å². The molecule has 0 fully saturated rings. The molecule has 0 N–H and O–H groups in total. The lowest BCUT2D eigenvalue weighted by atomic mass is 10.3. The number of benzene rings is 1. The second-order valence-electron chi connectivity index (χ2n) is 6.53. The van der Waals surface area contributed by atoms with Crippen molar-refractivity contribution in [3.8, 4) is 5.75 Å². The van der Waals surface area contributed by atoms with Gasteiger partial charge in [0, 0.05) is 0 Å². The Bertz CT molecular complexity index is 399. The lowest BCUT2D eigenvalue weighted by Gasteiger charge is -2.36. The molecule has 0 aliphatic carbocycles. The zero-order valence-electron chi connectivity index (χ0n) is 13.1. The van der Waals surface area contributed by atoms with Crippen LogP contribution in [0.15, 0.2) is 30.3 Å². The molecule has 1 aromatic rings. The molecule has 0 heterocycles. The van der Waals surface area contributed by atoms with Crippen molar-refractivity contribution in [2.45, 2.75) is 45.8 Å². The second-order valence-corrected chi connectivity index (χ2v) is 18.2. The molecule has 1 aromatic carbocycles. The second kappa shape index (κ2) is 5.92. The molecule has 108 valence electrons. The standard InChI is InChI=1S/C13H26O3Si3/c1-17(2,3)15-19(6,7)16-18(4,5)14-13-11-9-8-10-12-13/h8-12H,1-7H3. The van der Waals surface area contributed by atoms with E-state index in [0.717, 1.165) is 5.75 Å². The Balaban J connectivity index is 2.68. The van der Waals surface area contributed by atoms with E-state index in [1.165, 1.54) is 0 Å². The molecule has 19 heavy (non-hydrogen) atoms. The molecule has 0 saturated carbocycles. The van der Waals surface area contributed by atoms with E-state index in [-0.39, 0.29) is 0 Å². The minimum absolute atomic E-state index is 0.872. The van der Waals surface area contributed by atoms with E-state index in [2.05, 4.69) is 45.8 Å². The molecule has 0 radical (unpaired) electrons. The third kappa shape index (κ3) is 7.07. The molecule has 0 saturated heterocycles. The first-order valence-electron chi connectivity index (χ1n) is 6.64. The average Bonchev–Trinajstić information content (AvgIpc) is 2.11. The highest BCUT2D eigenvalue weighted by molar-refractivity contribution is 6.86. The molecule has 3 nitrogen and oxygen atoms in total. The largest absolute Gasteiger partial charge is 0.521 e. The summed E-state index contributed by atoms with van der Waals surface area (Å²) in [7, 11) is -5.93. The van der Waals surface area contributed by atoms with Crippen LogP contribution >= 0.6 is 0 Å². The molecule has 1 rings (SSSR count). The van der Waals surface area contributed by atoms with Gasteiger partial charge in [-0.05, 0) is 58.0 Å². The topological polar surface area (TPSA) is 27.7 Å². The van der Waals surface area contributed by atoms with E-state index < -0.39 is 25.4 Å². The van der Waals surface area contributed by atoms with Crippen LogP contribution in [0.2, 0.25) is 45.8 Å². The van der Waals surface area contributed by atoms with E-state index in [0.29, 0.717) is 0 Å². The van der Waals surface area contributed by atoms with Gasteiger partial charge in [0.05, 0.1) is 0 Å². The van der Waals surface area contributed by atoms with Gasteiger partial charge in [-0.1, -0.05) is 18.2 Å². The van der Waals surface area contributed by atoms with Crippen LogP contribution in [-0.2, 0) is 8.23 Å². The lowest BCUT2D eigenvalue weighted by Crippen LogP contribution is -2.54. The van der Waals surface area contributed by atoms with Crippen molar-refractivity contribution in [3.63, 3.8) is 0 Å². The molecule has 0 spiro atoms. The summed E-state index contributed by atoms with van der Waals surface area (Å²) in [6.07, 6.45) is 0. The highest BCUT2D eigenvalue weighted by Crippen LogP contribution is 2.23. The SMILES string of the molecule is C[Si](C)(C)O[Si](C)(C)O[Si](C)(C)Oc1ccccc1. The minimum atomic E-state index is -2.22. The van der Waals surface area contributed by atoms with Crippen LogP contribution in [0, 0.1) is 0 Å². The van der Waals surface area contributed by atoms with Gasteiger partial charge in [-0.3, -0.25) is 0 Å². The van der Waals surface area contributed by atoms with Gasteiger partial charge in [0.15, 0.2) is 8.32 Å². The first kappa shape index (κ1) is 16.6. The van der Waals surface area contributed by atoms with Crippen molar-refractivity contribution < 1.29 is 12.7 Å². The molecule has 0 unspecified atom stereocenters. The Morgan fingerprint density at radius 3 is 1.68 bits per heavy atom. The van der Waals surface area contributed by atoms with Gasteiger partial charge < -0.3 is 12.7 Å². The summed E-state index contributed by atoms with van der Waals surface area (Å²) in [5.41, 5.74) is 0. The smallest absolute Gasteiger partial charge is 0.383 e. The van der Waals surface area contributed by atoms with Crippen LogP contribution in [0.3, 0.4) is 0 Å². The Labute approximate surface area is 120 Å². The summed E-state index contributed by atoms with van der Waals surface area (Å²) in [5, 5.41) is 0. The average molecular weight is 315 g/mol. The number of para-hydroxylation sites is 1. The normalized spacial score (nSPS) is 13.4. The van der Waals surface area contributed by atoms with E-state index >= 15 is 0 Å². The molecular weight excluding hydrogens is 288 g/mol. The third-order valence-electron chi connectivity index (χ3n) is 2.15. The molecule has 0 amide bonds. The van der Waals surface area contributed by atoms with E-state index in [4.69, 9.17) is 12.7 Å². The summed E-state index contributed by atoms with van der Waals surface area (Å²) in [6.45, 7) is 14.9.